The second-order valence-corrected chi connectivity index (χ2v) is 9.29. The molecular weight excluding hydrogens is 438 g/mol. The van der Waals surface area contributed by atoms with Crippen LogP contribution in [0.2, 0.25) is 0 Å². The summed E-state index contributed by atoms with van der Waals surface area (Å²) in [7, 11) is 0. The van der Waals surface area contributed by atoms with Gasteiger partial charge in [0.15, 0.2) is 0 Å². The van der Waals surface area contributed by atoms with E-state index in [4.69, 9.17) is 0 Å². The number of alkyl halides is 3. The van der Waals surface area contributed by atoms with Crippen molar-refractivity contribution in [1.29, 1.82) is 0 Å². The van der Waals surface area contributed by atoms with Crippen molar-refractivity contribution in [3.8, 4) is 5.69 Å². The second kappa shape index (κ2) is 7.46. The number of fused-ring (bicyclic) bond motifs is 4. The van der Waals surface area contributed by atoms with Gasteiger partial charge in [-0.1, -0.05) is 24.1 Å². The number of carboxylic acid groups (broad SMARTS) is 1. The first-order chi connectivity index (χ1) is 15.6. The molecule has 2 aromatic rings. The van der Waals surface area contributed by atoms with Crippen molar-refractivity contribution in [2.24, 2.45) is 17.3 Å². The van der Waals surface area contributed by atoms with E-state index in [1.165, 1.54) is 12.1 Å². The van der Waals surface area contributed by atoms with Gasteiger partial charge in [-0.05, 0) is 61.6 Å². The summed E-state index contributed by atoms with van der Waals surface area (Å²) < 4.78 is 56.2. The van der Waals surface area contributed by atoms with Crippen molar-refractivity contribution in [2.45, 2.75) is 44.8 Å². The topological polar surface area (TPSA) is 67.2 Å². The highest BCUT2D eigenvalue weighted by Crippen LogP contribution is 2.57. The molecule has 2 N–H and O–H groups in total. The highest BCUT2D eigenvalue weighted by Gasteiger charge is 2.54. The minimum atomic E-state index is -4.48. The van der Waals surface area contributed by atoms with Crippen molar-refractivity contribution in [3.05, 3.63) is 64.8 Å². The molecule has 1 aromatic carbocycles. The van der Waals surface area contributed by atoms with E-state index >= 15 is 0 Å². The number of nitrogens with zero attached hydrogens (tertiary/aromatic N) is 2. The Bertz CT molecular complexity index is 1170. The lowest BCUT2D eigenvalue weighted by Crippen LogP contribution is -2.55. The number of hydrogen-bond acceptors (Lipinski definition) is 2. The van der Waals surface area contributed by atoms with Crippen LogP contribution in [0.4, 0.5) is 22.4 Å². The molecule has 33 heavy (non-hydrogen) atoms. The molecule has 0 spiro atoms. The van der Waals surface area contributed by atoms with Crippen LogP contribution in [-0.4, -0.2) is 33.2 Å². The third-order valence-electron chi connectivity index (χ3n) is 7.45. The molecule has 3 aliphatic carbocycles. The Hall–Kier alpha value is -3.10. The molecule has 0 unspecified atom stereocenters. The number of halogens is 4. The first-order valence-electron chi connectivity index (χ1n) is 10.9. The predicted molar refractivity (Wildman–Crippen MR) is 113 cm³/mol. The standard InChI is InChI=1S/C24H23F4N3O2/c1-23-11-13-12-29-31(16-5-3-15(25)4-6-16)20(13)10-14(23)2-7-17-18(23)8-9-19(24(26,27)28)21(17)30-22(32)33/h3-6,8,10,12,17,19,21,30H,2,7,9,11H2,1H3,(H,32,33)/t17-,19+,21+,23-/m0/s1. The number of nitrogens with one attached hydrogen (secondary N) is 1. The monoisotopic (exact) mass is 461 g/mol. The molecule has 5 nitrogen and oxygen atoms in total. The lowest BCUT2D eigenvalue weighted by atomic mass is 9.55. The number of hydrogen-bond donors (Lipinski definition) is 2. The number of benzene rings is 1. The van der Waals surface area contributed by atoms with Gasteiger partial charge in [0.05, 0.1) is 29.5 Å². The fourth-order valence-electron chi connectivity index (χ4n) is 5.91. The molecule has 1 heterocycles. The highest BCUT2D eigenvalue weighted by atomic mass is 19.4. The van der Waals surface area contributed by atoms with Crippen LogP contribution in [0, 0.1) is 23.1 Å². The molecule has 0 bridgehead atoms. The summed E-state index contributed by atoms with van der Waals surface area (Å²) in [5.41, 5.74) is 4.04. The number of carbonyl (C=O) groups is 1. The Kier molecular flexibility index (Phi) is 4.91. The number of amides is 1. The summed E-state index contributed by atoms with van der Waals surface area (Å²) in [5, 5.41) is 15.9. The Morgan fingerprint density at radius 3 is 2.67 bits per heavy atom. The second-order valence-electron chi connectivity index (χ2n) is 9.29. The summed E-state index contributed by atoms with van der Waals surface area (Å²) >= 11 is 0. The van der Waals surface area contributed by atoms with Crippen LogP contribution >= 0.6 is 0 Å². The molecule has 4 atom stereocenters. The summed E-state index contributed by atoms with van der Waals surface area (Å²) in [5.74, 6) is -2.59. The smallest absolute Gasteiger partial charge is 0.404 e. The highest BCUT2D eigenvalue weighted by molar-refractivity contribution is 5.66. The van der Waals surface area contributed by atoms with Gasteiger partial charge < -0.3 is 10.4 Å². The molecule has 0 radical (unpaired) electrons. The number of allylic oxidation sites excluding steroid dienone is 2. The number of aromatic nitrogens is 2. The Morgan fingerprint density at radius 2 is 2.00 bits per heavy atom. The molecular formula is C24H23F4N3O2. The molecule has 0 saturated heterocycles. The van der Waals surface area contributed by atoms with E-state index in [1.54, 1.807) is 29.1 Å². The van der Waals surface area contributed by atoms with Crippen LogP contribution in [0.25, 0.3) is 11.8 Å². The van der Waals surface area contributed by atoms with Crippen LogP contribution in [0.15, 0.2) is 47.7 Å². The molecule has 1 fully saturated rings. The Morgan fingerprint density at radius 1 is 1.27 bits per heavy atom. The normalized spacial score (nSPS) is 28.7. The minimum Gasteiger partial charge on any atom is -0.465 e. The molecule has 1 aromatic heterocycles. The van der Waals surface area contributed by atoms with E-state index in [2.05, 4.69) is 10.4 Å². The molecule has 0 aliphatic heterocycles. The van der Waals surface area contributed by atoms with E-state index < -0.39 is 35.6 Å². The first-order valence-corrected chi connectivity index (χ1v) is 10.9. The van der Waals surface area contributed by atoms with E-state index in [0.717, 1.165) is 28.1 Å². The van der Waals surface area contributed by atoms with Gasteiger partial charge >= 0.3 is 12.3 Å². The maximum absolute atomic E-state index is 13.7. The molecule has 174 valence electrons. The van der Waals surface area contributed by atoms with E-state index in [9.17, 15) is 27.5 Å². The fraction of sp³-hybridized carbons (Fsp3) is 0.417. The third-order valence-corrected chi connectivity index (χ3v) is 7.45. The van der Waals surface area contributed by atoms with Crippen molar-refractivity contribution in [1.82, 2.24) is 15.1 Å². The zero-order valence-electron chi connectivity index (χ0n) is 17.9. The first kappa shape index (κ1) is 21.7. The van der Waals surface area contributed by atoms with Gasteiger partial charge in [-0.15, -0.1) is 0 Å². The number of rotatable bonds is 2. The predicted octanol–water partition coefficient (Wildman–Crippen LogP) is 5.51. The van der Waals surface area contributed by atoms with Crippen molar-refractivity contribution in [2.75, 3.05) is 0 Å². The van der Waals surface area contributed by atoms with E-state index in [1.807, 2.05) is 13.0 Å². The SMILES string of the molecule is C[C@]12Cc3cnn(-c4ccc(F)cc4)c3C=C1CC[C@H]1C2=CC[C@@H](C(F)(F)F)[C@@H]1NC(=O)O. The maximum atomic E-state index is 13.7. The lowest BCUT2D eigenvalue weighted by Gasteiger charge is -2.51. The van der Waals surface area contributed by atoms with Gasteiger partial charge in [0, 0.05) is 11.3 Å². The Labute approximate surface area is 187 Å². The van der Waals surface area contributed by atoms with Gasteiger partial charge in [0.1, 0.15) is 5.82 Å². The summed E-state index contributed by atoms with van der Waals surface area (Å²) in [4.78, 5) is 11.4. The third kappa shape index (κ3) is 3.54. The van der Waals surface area contributed by atoms with Gasteiger partial charge in [-0.3, -0.25) is 0 Å². The zero-order valence-corrected chi connectivity index (χ0v) is 17.9. The van der Waals surface area contributed by atoms with Crippen LogP contribution in [0.1, 0.15) is 37.4 Å². The molecule has 3 aliphatic rings. The molecule has 1 saturated carbocycles. The van der Waals surface area contributed by atoms with Gasteiger partial charge in [0.25, 0.3) is 0 Å². The maximum Gasteiger partial charge on any atom is 0.404 e. The fourth-order valence-corrected chi connectivity index (χ4v) is 5.91. The minimum absolute atomic E-state index is 0.245. The van der Waals surface area contributed by atoms with Crippen molar-refractivity contribution < 1.29 is 27.5 Å². The largest absolute Gasteiger partial charge is 0.465 e. The Balaban J connectivity index is 1.53. The zero-order chi connectivity index (χ0) is 23.5. The van der Waals surface area contributed by atoms with Gasteiger partial charge in [-0.25, -0.2) is 13.9 Å². The van der Waals surface area contributed by atoms with Gasteiger partial charge in [0.2, 0.25) is 0 Å². The lowest BCUT2D eigenvalue weighted by molar-refractivity contribution is -0.186. The quantitative estimate of drug-likeness (QED) is 0.458. The van der Waals surface area contributed by atoms with Crippen LogP contribution in [0.5, 0.6) is 0 Å². The molecule has 9 heteroatoms. The summed E-state index contributed by atoms with van der Waals surface area (Å²) in [6.07, 6.45) is 0.873. The van der Waals surface area contributed by atoms with Crippen LogP contribution in [0.3, 0.4) is 0 Å². The summed E-state index contributed by atoms with van der Waals surface area (Å²) in [6, 6.07) is 4.83. The summed E-state index contributed by atoms with van der Waals surface area (Å²) in [6.45, 7) is 2.03. The average molecular weight is 461 g/mol. The van der Waals surface area contributed by atoms with Crippen LogP contribution in [-0.2, 0) is 6.42 Å². The van der Waals surface area contributed by atoms with E-state index in [-0.39, 0.29) is 12.2 Å². The average Bonchev–Trinajstić information content (AvgIpc) is 3.13. The molecule has 5 rings (SSSR count). The van der Waals surface area contributed by atoms with E-state index in [0.29, 0.717) is 19.3 Å². The van der Waals surface area contributed by atoms with Crippen molar-refractivity contribution in [3.63, 3.8) is 0 Å². The van der Waals surface area contributed by atoms with Crippen molar-refractivity contribution >= 4 is 12.2 Å². The van der Waals surface area contributed by atoms with Gasteiger partial charge in [-0.2, -0.15) is 18.3 Å². The molecule has 1 amide bonds. The van der Waals surface area contributed by atoms with Crippen LogP contribution < -0.4 is 5.32 Å².